The first kappa shape index (κ1) is 17.1. The molecule has 0 radical (unpaired) electrons. The number of benzene rings is 3. The van der Waals surface area contributed by atoms with Gasteiger partial charge in [0.1, 0.15) is 0 Å². The van der Waals surface area contributed by atoms with Crippen LogP contribution >= 0.6 is 11.6 Å². The van der Waals surface area contributed by atoms with Crippen LogP contribution in [0, 0.1) is 0 Å². The Kier molecular flexibility index (Phi) is 4.21. The highest BCUT2D eigenvalue weighted by atomic mass is 35.5. The van der Waals surface area contributed by atoms with Crippen LogP contribution in [0.25, 0.3) is 0 Å². The van der Waals surface area contributed by atoms with Gasteiger partial charge >= 0.3 is 0 Å². The number of hydrogen-bond donors (Lipinski definition) is 0. The van der Waals surface area contributed by atoms with Crippen LogP contribution in [0.5, 0.6) is 11.5 Å². The van der Waals surface area contributed by atoms with E-state index in [1.54, 1.807) is 7.11 Å². The van der Waals surface area contributed by atoms with Crippen LogP contribution < -0.4 is 9.47 Å². The zero-order valence-corrected chi connectivity index (χ0v) is 16.1. The van der Waals surface area contributed by atoms with Gasteiger partial charge in [-0.3, -0.25) is 0 Å². The van der Waals surface area contributed by atoms with Crippen LogP contribution in [0.4, 0.5) is 0 Å². The highest BCUT2D eigenvalue weighted by Crippen LogP contribution is 2.51. The summed E-state index contributed by atoms with van der Waals surface area (Å²) in [7, 11) is 1.66. The molecular formula is C23H19ClN2O2. The average Bonchev–Trinajstić information content (AvgIpc) is 3.20. The summed E-state index contributed by atoms with van der Waals surface area (Å²) in [6.07, 6.45) is 0.387. The van der Waals surface area contributed by atoms with Gasteiger partial charge in [-0.1, -0.05) is 72.3 Å². The molecule has 2 aliphatic rings. The summed E-state index contributed by atoms with van der Waals surface area (Å²) in [6.45, 7) is 0. The minimum Gasteiger partial charge on any atom is -0.493 e. The molecule has 0 amide bonds. The van der Waals surface area contributed by atoms with Gasteiger partial charge in [-0.25, -0.2) is 5.01 Å². The number of ether oxygens (including phenoxy) is 2. The summed E-state index contributed by atoms with van der Waals surface area (Å²) in [5.74, 6) is 1.49. The number of nitrogens with zero attached hydrogens (tertiary/aromatic N) is 2. The lowest BCUT2D eigenvalue weighted by molar-refractivity contribution is -0.0208. The van der Waals surface area contributed by atoms with Crippen molar-refractivity contribution in [3.8, 4) is 11.5 Å². The molecule has 2 aliphatic heterocycles. The number of fused-ring (bicyclic) bond motifs is 3. The zero-order valence-electron chi connectivity index (χ0n) is 15.4. The molecule has 2 atom stereocenters. The molecule has 0 saturated heterocycles. The van der Waals surface area contributed by atoms with E-state index < -0.39 is 6.23 Å². The van der Waals surface area contributed by atoms with E-state index >= 15 is 0 Å². The second-order valence-electron chi connectivity index (χ2n) is 6.88. The predicted octanol–water partition coefficient (Wildman–Crippen LogP) is 5.59. The van der Waals surface area contributed by atoms with Crippen molar-refractivity contribution in [1.29, 1.82) is 0 Å². The molecule has 0 unspecified atom stereocenters. The Hall–Kier alpha value is -2.98. The minimum absolute atomic E-state index is 0.0651. The Morgan fingerprint density at radius 3 is 2.50 bits per heavy atom. The smallest absolute Gasteiger partial charge is 0.215 e. The standard InChI is InChI=1S/C23H19ClN2O2/c1-27-21-13-7-11-17-20-14-19(15-8-3-2-4-9-15)25-26(20)23(28-22(17)21)16-10-5-6-12-18(16)24/h2-13,20,23H,14H2,1H3/t20-,23+/m1/s1. The Bertz CT molecular complexity index is 1050. The molecule has 0 bridgehead atoms. The summed E-state index contributed by atoms with van der Waals surface area (Å²) in [4.78, 5) is 0. The van der Waals surface area contributed by atoms with Gasteiger partial charge in [0.2, 0.25) is 6.23 Å². The van der Waals surface area contributed by atoms with Crippen molar-refractivity contribution in [2.24, 2.45) is 5.10 Å². The third-order valence-electron chi connectivity index (χ3n) is 5.28. The Balaban J connectivity index is 1.65. The first-order chi connectivity index (χ1) is 13.8. The maximum atomic E-state index is 6.52. The maximum Gasteiger partial charge on any atom is 0.215 e. The maximum absolute atomic E-state index is 6.52. The molecular weight excluding hydrogens is 372 g/mol. The fraction of sp³-hybridized carbons (Fsp3) is 0.174. The Labute approximate surface area is 169 Å². The third kappa shape index (κ3) is 2.72. The van der Waals surface area contributed by atoms with E-state index in [0.29, 0.717) is 5.02 Å². The van der Waals surface area contributed by atoms with Gasteiger partial charge in [-0.2, -0.15) is 5.10 Å². The zero-order chi connectivity index (χ0) is 19.1. The van der Waals surface area contributed by atoms with Gasteiger partial charge in [0.15, 0.2) is 11.5 Å². The highest BCUT2D eigenvalue weighted by Gasteiger charge is 2.42. The van der Waals surface area contributed by atoms with Crippen LogP contribution in [0.2, 0.25) is 5.02 Å². The van der Waals surface area contributed by atoms with Crippen LogP contribution in [0.1, 0.15) is 35.4 Å². The van der Waals surface area contributed by atoms with E-state index in [9.17, 15) is 0 Å². The number of rotatable bonds is 3. The second kappa shape index (κ2) is 6.88. The van der Waals surface area contributed by atoms with E-state index in [2.05, 4.69) is 18.2 Å². The summed E-state index contributed by atoms with van der Waals surface area (Å²) in [5, 5.41) is 7.65. The highest BCUT2D eigenvalue weighted by molar-refractivity contribution is 6.31. The van der Waals surface area contributed by atoms with E-state index in [1.165, 1.54) is 0 Å². The van der Waals surface area contributed by atoms with E-state index in [1.807, 2.05) is 59.6 Å². The number of hydrazone groups is 1. The summed E-state index contributed by atoms with van der Waals surface area (Å²) in [6, 6.07) is 24.1. The molecule has 0 fully saturated rings. The molecule has 0 aromatic heterocycles. The minimum atomic E-state index is -0.413. The summed E-state index contributed by atoms with van der Waals surface area (Å²) < 4.78 is 12.0. The summed E-state index contributed by atoms with van der Waals surface area (Å²) >= 11 is 6.52. The van der Waals surface area contributed by atoms with Crippen LogP contribution in [-0.4, -0.2) is 17.8 Å². The van der Waals surface area contributed by atoms with Crippen LogP contribution in [0.15, 0.2) is 77.9 Å². The predicted molar refractivity (Wildman–Crippen MR) is 110 cm³/mol. The van der Waals surface area contributed by atoms with Gasteiger partial charge in [0.05, 0.1) is 18.9 Å². The number of hydrogen-bond acceptors (Lipinski definition) is 4. The van der Waals surface area contributed by atoms with Gasteiger partial charge in [0.25, 0.3) is 0 Å². The molecule has 4 nitrogen and oxygen atoms in total. The molecule has 3 aromatic rings. The lowest BCUT2D eigenvalue weighted by Gasteiger charge is -2.38. The van der Waals surface area contributed by atoms with Crippen molar-refractivity contribution in [2.45, 2.75) is 18.7 Å². The van der Waals surface area contributed by atoms with Gasteiger partial charge < -0.3 is 9.47 Å². The van der Waals surface area contributed by atoms with Crippen molar-refractivity contribution >= 4 is 17.3 Å². The van der Waals surface area contributed by atoms with Gasteiger partial charge in [0, 0.05) is 22.6 Å². The molecule has 5 rings (SSSR count). The van der Waals surface area contributed by atoms with E-state index in [0.717, 1.165) is 40.3 Å². The first-order valence-corrected chi connectivity index (χ1v) is 9.63. The molecule has 140 valence electrons. The Morgan fingerprint density at radius 2 is 1.71 bits per heavy atom. The lowest BCUT2D eigenvalue weighted by atomic mass is 9.95. The Morgan fingerprint density at radius 1 is 0.964 bits per heavy atom. The number of halogens is 1. The molecule has 0 spiro atoms. The lowest BCUT2D eigenvalue weighted by Crippen LogP contribution is -2.34. The van der Waals surface area contributed by atoms with Crippen molar-refractivity contribution in [2.75, 3.05) is 7.11 Å². The average molecular weight is 391 g/mol. The summed E-state index contributed by atoms with van der Waals surface area (Å²) in [5.41, 5.74) is 4.14. The largest absolute Gasteiger partial charge is 0.493 e. The fourth-order valence-corrected chi connectivity index (χ4v) is 4.16. The monoisotopic (exact) mass is 390 g/mol. The molecule has 5 heteroatoms. The van der Waals surface area contributed by atoms with Crippen molar-refractivity contribution in [3.05, 3.63) is 94.5 Å². The molecule has 2 heterocycles. The van der Waals surface area contributed by atoms with Gasteiger partial charge in [-0.05, 0) is 17.7 Å². The topological polar surface area (TPSA) is 34.1 Å². The van der Waals surface area contributed by atoms with Crippen molar-refractivity contribution < 1.29 is 9.47 Å². The third-order valence-corrected chi connectivity index (χ3v) is 5.62. The molecule has 28 heavy (non-hydrogen) atoms. The number of para-hydroxylation sites is 1. The van der Waals surface area contributed by atoms with Crippen molar-refractivity contribution in [3.63, 3.8) is 0 Å². The molecule has 0 aliphatic carbocycles. The van der Waals surface area contributed by atoms with Crippen molar-refractivity contribution in [1.82, 2.24) is 5.01 Å². The molecule has 3 aromatic carbocycles. The normalized spacial score (nSPS) is 20.1. The van der Waals surface area contributed by atoms with Crippen LogP contribution in [-0.2, 0) is 0 Å². The van der Waals surface area contributed by atoms with E-state index in [-0.39, 0.29) is 6.04 Å². The molecule has 0 N–H and O–H groups in total. The second-order valence-corrected chi connectivity index (χ2v) is 7.29. The quantitative estimate of drug-likeness (QED) is 0.584. The fourth-order valence-electron chi connectivity index (χ4n) is 3.93. The van der Waals surface area contributed by atoms with Gasteiger partial charge in [-0.15, -0.1) is 0 Å². The molecule has 0 saturated carbocycles. The first-order valence-electron chi connectivity index (χ1n) is 9.25. The van der Waals surface area contributed by atoms with E-state index in [4.69, 9.17) is 26.2 Å². The van der Waals surface area contributed by atoms with Crippen LogP contribution in [0.3, 0.4) is 0 Å². The number of methoxy groups -OCH3 is 1. The SMILES string of the molecule is COc1cccc2c1O[C@@H](c1ccccc1Cl)N1N=C(c3ccccc3)C[C@H]21.